The first-order chi connectivity index (χ1) is 10.2. The van der Waals surface area contributed by atoms with Crippen molar-refractivity contribution in [3.05, 3.63) is 28.8 Å². The molecule has 0 bridgehead atoms. The number of rotatable bonds is 2. The molecule has 0 amide bonds. The maximum Gasteiger partial charge on any atom is 0.534 e. The van der Waals surface area contributed by atoms with Gasteiger partial charge in [-0.25, -0.2) is 0 Å². The standard InChI is InChI=1S/C13H13F3O3S.C2H6/c1-7-2-5-11(19-20(17,18)13(14,15)16)10-6-8-3-4-9(8)12(7)10;1-2/h2,5,8-9H,3-4,6H2,1H3;1-2H3. The highest BCUT2D eigenvalue weighted by atomic mass is 32.2. The molecule has 0 aliphatic heterocycles. The van der Waals surface area contributed by atoms with Crippen LogP contribution in [0.3, 0.4) is 0 Å². The van der Waals surface area contributed by atoms with Crippen molar-refractivity contribution >= 4 is 10.1 Å². The Labute approximate surface area is 128 Å². The molecule has 0 aromatic heterocycles. The maximum absolute atomic E-state index is 12.4. The van der Waals surface area contributed by atoms with Crippen LogP contribution >= 0.6 is 0 Å². The van der Waals surface area contributed by atoms with Crippen molar-refractivity contribution < 1.29 is 25.8 Å². The summed E-state index contributed by atoms with van der Waals surface area (Å²) in [6.07, 6.45) is 2.64. The summed E-state index contributed by atoms with van der Waals surface area (Å²) in [5, 5.41) is 0. The monoisotopic (exact) mass is 336 g/mol. The Bertz CT molecular complexity index is 665. The third-order valence-corrected chi connectivity index (χ3v) is 5.24. The molecular weight excluding hydrogens is 317 g/mol. The van der Waals surface area contributed by atoms with Crippen molar-refractivity contribution in [2.45, 2.75) is 51.5 Å². The minimum Gasteiger partial charge on any atom is -0.376 e. The van der Waals surface area contributed by atoms with E-state index in [9.17, 15) is 21.6 Å². The molecule has 0 N–H and O–H groups in total. The van der Waals surface area contributed by atoms with E-state index in [1.54, 1.807) is 6.07 Å². The van der Waals surface area contributed by atoms with Crippen LogP contribution in [0.15, 0.2) is 12.1 Å². The first kappa shape index (κ1) is 17.1. The van der Waals surface area contributed by atoms with Gasteiger partial charge in [0.1, 0.15) is 5.75 Å². The van der Waals surface area contributed by atoms with Gasteiger partial charge in [0.05, 0.1) is 0 Å². The number of hydrogen-bond donors (Lipinski definition) is 0. The van der Waals surface area contributed by atoms with E-state index >= 15 is 0 Å². The lowest BCUT2D eigenvalue weighted by molar-refractivity contribution is -0.0500. The summed E-state index contributed by atoms with van der Waals surface area (Å²) in [6.45, 7) is 5.89. The number of halogens is 3. The molecule has 2 aliphatic rings. The molecule has 1 aromatic rings. The fraction of sp³-hybridized carbons (Fsp3) is 0.600. The largest absolute Gasteiger partial charge is 0.534 e. The lowest BCUT2D eigenvalue weighted by atomic mass is 9.73. The fourth-order valence-corrected chi connectivity index (χ4v) is 3.67. The van der Waals surface area contributed by atoms with Crippen LogP contribution in [0.4, 0.5) is 13.2 Å². The Balaban J connectivity index is 0.000000847. The lowest BCUT2D eigenvalue weighted by Gasteiger charge is -2.31. The zero-order valence-electron chi connectivity index (χ0n) is 12.7. The first-order valence-corrected chi connectivity index (χ1v) is 8.74. The molecule has 3 nitrogen and oxygen atoms in total. The first-order valence-electron chi connectivity index (χ1n) is 7.34. The van der Waals surface area contributed by atoms with Gasteiger partial charge in [0.25, 0.3) is 0 Å². The lowest BCUT2D eigenvalue weighted by Crippen LogP contribution is -2.28. The molecule has 3 rings (SSSR count). The topological polar surface area (TPSA) is 43.4 Å². The zero-order chi connectivity index (χ0) is 16.7. The predicted molar refractivity (Wildman–Crippen MR) is 77.3 cm³/mol. The molecule has 2 unspecified atom stereocenters. The van der Waals surface area contributed by atoms with Crippen LogP contribution in [-0.4, -0.2) is 13.9 Å². The molecule has 0 spiro atoms. The predicted octanol–water partition coefficient (Wildman–Crippen LogP) is 4.30. The van der Waals surface area contributed by atoms with Crippen molar-refractivity contribution in [2.75, 3.05) is 0 Å². The number of aryl methyl sites for hydroxylation is 1. The summed E-state index contributed by atoms with van der Waals surface area (Å²) in [6, 6.07) is 2.95. The van der Waals surface area contributed by atoms with Gasteiger partial charge >= 0.3 is 15.6 Å². The van der Waals surface area contributed by atoms with E-state index in [-0.39, 0.29) is 5.75 Å². The Hall–Kier alpha value is -1.24. The molecule has 7 heteroatoms. The molecule has 2 aliphatic carbocycles. The van der Waals surface area contributed by atoms with Crippen LogP contribution in [-0.2, 0) is 16.5 Å². The van der Waals surface area contributed by atoms with E-state index in [1.165, 1.54) is 6.07 Å². The molecule has 0 radical (unpaired) electrons. The Morgan fingerprint density at radius 2 is 1.82 bits per heavy atom. The minimum absolute atomic E-state index is 0.169. The highest BCUT2D eigenvalue weighted by Crippen LogP contribution is 2.54. The van der Waals surface area contributed by atoms with Crippen LogP contribution < -0.4 is 4.18 Å². The quantitative estimate of drug-likeness (QED) is 0.597. The van der Waals surface area contributed by atoms with Crippen LogP contribution in [0, 0.1) is 12.8 Å². The molecular formula is C15H19F3O3S. The summed E-state index contributed by atoms with van der Waals surface area (Å²) < 4.78 is 63.8. The molecule has 1 fully saturated rings. The van der Waals surface area contributed by atoms with Gasteiger partial charge in [-0.2, -0.15) is 21.6 Å². The molecule has 2 atom stereocenters. The summed E-state index contributed by atoms with van der Waals surface area (Å²) in [5.41, 5.74) is -2.80. The van der Waals surface area contributed by atoms with Crippen molar-refractivity contribution in [1.29, 1.82) is 0 Å². The van der Waals surface area contributed by atoms with Crippen molar-refractivity contribution in [3.8, 4) is 5.75 Å². The van der Waals surface area contributed by atoms with Crippen LogP contribution in [0.5, 0.6) is 5.75 Å². The van der Waals surface area contributed by atoms with E-state index < -0.39 is 15.6 Å². The second-order valence-electron chi connectivity index (χ2n) is 5.40. The molecule has 1 saturated carbocycles. The van der Waals surface area contributed by atoms with Gasteiger partial charge in [0.2, 0.25) is 0 Å². The Morgan fingerprint density at radius 3 is 2.32 bits per heavy atom. The van der Waals surface area contributed by atoms with E-state index in [0.717, 1.165) is 24.0 Å². The zero-order valence-corrected chi connectivity index (χ0v) is 13.5. The van der Waals surface area contributed by atoms with Crippen LogP contribution in [0.2, 0.25) is 0 Å². The number of fused-ring (bicyclic) bond motifs is 3. The number of benzene rings is 1. The average molecular weight is 336 g/mol. The third kappa shape index (κ3) is 2.71. The van der Waals surface area contributed by atoms with Crippen LogP contribution in [0.25, 0.3) is 0 Å². The number of hydrogen-bond acceptors (Lipinski definition) is 3. The van der Waals surface area contributed by atoms with Crippen LogP contribution in [0.1, 0.15) is 49.3 Å². The van der Waals surface area contributed by atoms with Crippen molar-refractivity contribution in [3.63, 3.8) is 0 Å². The summed E-state index contributed by atoms with van der Waals surface area (Å²) >= 11 is 0. The van der Waals surface area contributed by atoms with Gasteiger partial charge in [-0.15, -0.1) is 0 Å². The Kier molecular flexibility index (Phi) is 4.48. The molecule has 1 aromatic carbocycles. The second-order valence-corrected chi connectivity index (χ2v) is 6.94. The van der Waals surface area contributed by atoms with Gasteiger partial charge in [0, 0.05) is 0 Å². The molecule has 124 valence electrons. The summed E-state index contributed by atoms with van der Waals surface area (Å²) in [7, 11) is -5.60. The smallest absolute Gasteiger partial charge is 0.376 e. The molecule has 22 heavy (non-hydrogen) atoms. The van der Waals surface area contributed by atoms with Crippen molar-refractivity contribution in [1.82, 2.24) is 0 Å². The SMILES string of the molecule is CC.Cc1ccc(OS(=O)(=O)C(F)(F)F)c2c1C1CCC1C2. The summed E-state index contributed by atoms with van der Waals surface area (Å²) in [4.78, 5) is 0. The highest BCUT2D eigenvalue weighted by molar-refractivity contribution is 7.88. The second kappa shape index (κ2) is 5.76. The van der Waals surface area contributed by atoms with Gasteiger partial charge < -0.3 is 4.18 Å². The van der Waals surface area contributed by atoms with Gasteiger partial charge in [-0.3, -0.25) is 0 Å². The van der Waals surface area contributed by atoms with E-state index in [2.05, 4.69) is 4.18 Å². The van der Waals surface area contributed by atoms with E-state index in [4.69, 9.17) is 0 Å². The summed E-state index contributed by atoms with van der Waals surface area (Å²) in [5.74, 6) is 0.599. The third-order valence-electron chi connectivity index (χ3n) is 4.27. The molecule has 0 heterocycles. The minimum atomic E-state index is -5.60. The molecule has 0 saturated heterocycles. The van der Waals surface area contributed by atoms with E-state index in [1.807, 2.05) is 20.8 Å². The Morgan fingerprint density at radius 1 is 1.18 bits per heavy atom. The van der Waals surface area contributed by atoms with Crippen molar-refractivity contribution in [2.24, 2.45) is 5.92 Å². The number of alkyl halides is 3. The van der Waals surface area contributed by atoms with Gasteiger partial charge in [-0.1, -0.05) is 19.9 Å². The van der Waals surface area contributed by atoms with Gasteiger partial charge in [0.15, 0.2) is 0 Å². The van der Waals surface area contributed by atoms with E-state index in [0.29, 0.717) is 23.8 Å². The maximum atomic E-state index is 12.4. The highest BCUT2D eigenvalue weighted by Gasteiger charge is 2.49. The van der Waals surface area contributed by atoms with Gasteiger partial charge in [-0.05, 0) is 60.8 Å². The fourth-order valence-electron chi connectivity index (χ4n) is 3.19. The average Bonchev–Trinajstić information content (AvgIpc) is 2.67. The normalized spacial score (nSPS) is 22.8.